The second kappa shape index (κ2) is 3.46. The van der Waals surface area contributed by atoms with Crippen molar-refractivity contribution in [2.24, 2.45) is 0 Å². The van der Waals surface area contributed by atoms with Crippen molar-refractivity contribution in [3.05, 3.63) is 0 Å². The van der Waals surface area contributed by atoms with Crippen LogP contribution in [0.15, 0.2) is 0 Å². The van der Waals surface area contributed by atoms with E-state index in [0.717, 1.165) is 10.8 Å². The molecule has 0 saturated heterocycles. The summed E-state index contributed by atoms with van der Waals surface area (Å²) in [6, 6.07) is 0. The van der Waals surface area contributed by atoms with Gasteiger partial charge in [0.25, 0.3) is 0 Å². The van der Waals surface area contributed by atoms with Crippen molar-refractivity contribution in [2.75, 3.05) is 5.75 Å². The first-order chi connectivity index (χ1) is 4.00. The Morgan fingerprint density at radius 3 is 2.00 bits per heavy atom. The summed E-state index contributed by atoms with van der Waals surface area (Å²) in [5, 5.41) is -0.248. The average Bonchev–Trinajstić information content (AvgIpc) is 1.65. The zero-order valence-electron chi connectivity index (χ0n) is 5.92. The summed E-state index contributed by atoms with van der Waals surface area (Å²) in [6.45, 7) is 5.22. The van der Waals surface area contributed by atoms with Crippen molar-refractivity contribution < 1.29 is 8.42 Å². The molecule has 0 heterocycles. The van der Waals surface area contributed by atoms with Gasteiger partial charge in [-0.3, -0.25) is 0 Å². The first-order valence-electron chi connectivity index (χ1n) is 2.89. The lowest BCUT2D eigenvalue weighted by molar-refractivity contribution is 0.602. The Labute approximate surface area is 60.3 Å². The van der Waals surface area contributed by atoms with Gasteiger partial charge in [0.05, 0.1) is 5.25 Å². The fraction of sp³-hybridized carbons (Fsp3) is 1.00. The summed E-state index contributed by atoms with van der Waals surface area (Å²) >= 11 is 0. The predicted molar refractivity (Wildman–Crippen MR) is 42.2 cm³/mol. The SMILES string of the molecule is CCSS(=O)(=O)C(C)C. The van der Waals surface area contributed by atoms with Gasteiger partial charge in [-0.15, -0.1) is 0 Å². The van der Waals surface area contributed by atoms with Crippen LogP contribution in [0.2, 0.25) is 0 Å². The van der Waals surface area contributed by atoms with Crippen LogP contribution in [0.3, 0.4) is 0 Å². The van der Waals surface area contributed by atoms with Crippen molar-refractivity contribution in [3.63, 3.8) is 0 Å². The Hall–Kier alpha value is 0.300. The van der Waals surface area contributed by atoms with Crippen LogP contribution >= 0.6 is 10.8 Å². The van der Waals surface area contributed by atoms with E-state index in [9.17, 15) is 8.42 Å². The molecule has 0 aromatic carbocycles. The van der Waals surface area contributed by atoms with Crippen molar-refractivity contribution in [2.45, 2.75) is 26.0 Å². The minimum atomic E-state index is -2.83. The van der Waals surface area contributed by atoms with E-state index in [0.29, 0.717) is 5.75 Å². The molecule has 0 aliphatic rings. The van der Waals surface area contributed by atoms with Gasteiger partial charge in [-0.25, -0.2) is 8.42 Å². The second-order valence-corrected chi connectivity index (χ2v) is 6.79. The standard InChI is InChI=1S/C5H12O2S2/c1-4-8-9(6,7)5(2)3/h5H,4H2,1-3H3. The maximum Gasteiger partial charge on any atom is 0.203 e. The average molecular weight is 168 g/mol. The lowest BCUT2D eigenvalue weighted by Crippen LogP contribution is -2.08. The van der Waals surface area contributed by atoms with E-state index >= 15 is 0 Å². The number of hydrogen-bond acceptors (Lipinski definition) is 3. The van der Waals surface area contributed by atoms with Crippen LogP contribution < -0.4 is 0 Å². The van der Waals surface area contributed by atoms with E-state index in [2.05, 4.69) is 0 Å². The van der Waals surface area contributed by atoms with Crippen molar-refractivity contribution in [1.29, 1.82) is 0 Å². The van der Waals surface area contributed by atoms with Gasteiger partial charge < -0.3 is 0 Å². The first-order valence-corrected chi connectivity index (χ1v) is 5.93. The summed E-state index contributed by atoms with van der Waals surface area (Å²) in [5.74, 6) is 0.639. The molecular weight excluding hydrogens is 156 g/mol. The third-order valence-corrected chi connectivity index (χ3v) is 5.43. The Balaban J connectivity index is 4.05. The zero-order chi connectivity index (χ0) is 7.49. The maximum absolute atomic E-state index is 10.9. The topological polar surface area (TPSA) is 34.1 Å². The molecule has 0 aromatic heterocycles. The largest absolute Gasteiger partial charge is 0.217 e. The van der Waals surface area contributed by atoms with Crippen LogP contribution in [0.25, 0.3) is 0 Å². The van der Waals surface area contributed by atoms with Gasteiger partial charge in [0.2, 0.25) is 8.87 Å². The van der Waals surface area contributed by atoms with Crippen LogP contribution in [-0.4, -0.2) is 19.4 Å². The summed E-state index contributed by atoms with van der Waals surface area (Å²) in [5.41, 5.74) is 0. The molecule has 0 aliphatic heterocycles. The van der Waals surface area contributed by atoms with Gasteiger partial charge in [0, 0.05) is 5.75 Å². The van der Waals surface area contributed by atoms with Crippen LogP contribution in [0.1, 0.15) is 20.8 Å². The maximum atomic E-state index is 10.9. The molecule has 0 spiro atoms. The molecule has 0 radical (unpaired) electrons. The van der Waals surface area contributed by atoms with Gasteiger partial charge in [-0.1, -0.05) is 6.92 Å². The van der Waals surface area contributed by atoms with Crippen LogP contribution in [0.5, 0.6) is 0 Å². The highest BCUT2D eigenvalue weighted by molar-refractivity contribution is 8.72. The van der Waals surface area contributed by atoms with E-state index in [4.69, 9.17) is 0 Å². The molecule has 56 valence electrons. The fourth-order valence-electron chi connectivity index (χ4n) is 0.300. The molecule has 2 nitrogen and oxygen atoms in total. The number of rotatable bonds is 3. The lowest BCUT2D eigenvalue weighted by atomic mass is 10.6. The fourth-order valence-corrected chi connectivity index (χ4v) is 2.70. The Bertz CT molecular complexity index is 158. The molecule has 0 aliphatic carbocycles. The van der Waals surface area contributed by atoms with Gasteiger partial charge >= 0.3 is 0 Å². The van der Waals surface area contributed by atoms with E-state index < -0.39 is 8.87 Å². The van der Waals surface area contributed by atoms with Gasteiger partial charge in [0.15, 0.2) is 0 Å². The van der Waals surface area contributed by atoms with Crippen LogP contribution in [0, 0.1) is 0 Å². The zero-order valence-corrected chi connectivity index (χ0v) is 7.55. The van der Waals surface area contributed by atoms with E-state index in [1.54, 1.807) is 13.8 Å². The molecule has 0 fully saturated rings. The quantitative estimate of drug-likeness (QED) is 0.599. The molecule has 0 amide bonds. The van der Waals surface area contributed by atoms with Crippen molar-refractivity contribution >= 4 is 19.7 Å². The number of hydrogen-bond donors (Lipinski definition) is 0. The van der Waals surface area contributed by atoms with Gasteiger partial charge in [-0.2, -0.15) is 0 Å². The summed E-state index contributed by atoms with van der Waals surface area (Å²) in [6.07, 6.45) is 0. The minimum absolute atomic E-state index is 0.248. The molecule has 0 atom stereocenters. The van der Waals surface area contributed by atoms with Crippen LogP contribution in [-0.2, 0) is 8.87 Å². The molecule has 0 unspecified atom stereocenters. The molecule has 0 aromatic rings. The van der Waals surface area contributed by atoms with E-state index in [1.165, 1.54) is 0 Å². The highest BCUT2D eigenvalue weighted by atomic mass is 33.1. The molecule has 9 heavy (non-hydrogen) atoms. The molecule has 0 N–H and O–H groups in total. The Morgan fingerprint density at radius 2 is 1.89 bits per heavy atom. The lowest BCUT2D eigenvalue weighted by Gasteiger charge is -2.02. The smallest absolute Gasteiger partial charge is 0.203 e. The minimum Gasteiger partial charge on any atom is -0.217 e. The normalized spacial score (nSPS) is 12.4. The summed E-state index contributed by atoms with van der Waals surface area (Å²) in [4.78, 5) is 0. The monoisotopic (exact) mass is 168 g/mol. The summed E-state index contributed by atoms with van der Waals surface area (Å²) in [7, 11) is -1.82. The third-order valence-electron chi connectivity index (χ3n) is 0.859. The molecular formula is C5H12O2S2. The molecule has 0 saturated carbocycles. The van der Waals surface area contributed by atoms with Crippen LogP contribution in [0.4, 0.5) is 0 Å². The molecule has 0 bridgehead atoms. The highest BCUT2D eigenvalue weighted by Gasteiger charge is 2.14. The Morgan fingerprint density at radius 1 is 1.44 bits per heavy atom. The second-order valence-electron chi connectivity index (χ2n) is 1.95. The first kappa shape index (κ1) is 9.30. The Kier molecular flexibility index (Phi) is 3.58. The van der Waals surface area contributed by atoms with E-state index in [1.807, 2.05) is 6.92 Å². The molecule has 0 rings (SSSR count). The van der Waals surface area contributed by atoms with Gasteiger partial charge in [-0.05, 0) is 24.6 Å². The van der Waals surface area contributed by atoms with Crippen molar-refractivity contribution in [1.82, 2.24) is 0 Å². The van der Waals surface area contributed by atoms with Crippen molar-refractivity contribution in [3.8, 4) is 0 Å². The van der Waals surface area contributed by atoms with E-state index in [-0.39, 0.29) is 5.25 Å². The predicted octanol–water partition coefficient (Wildman–Crippen LogP) is 1.48. The molecule has 4 heteroatoms. The summed E-state index contributed by atoms with van der Waals surface area (Å²) < 4.78 is 21.8. The third kappa shape index (κ3) is 3.11. The highest BCUT2D eigenvalue weighted by Crippen LogP contribution is 2.16. The van der Waals surface area contributed by atoms with Gasteiger partial charge in [0.1, 0.15) is 0 Å².